The summed E-state index contributed by atoms with van der Waals surface area (Å²) in [4.78, 5) is 4.93. The van der Waals surface area contributed by atoms with Crippen molar-refractivity contribution in [3.8, 4) is 0 Å². The fourth-order valence-electron chi connectivity index (χ4n) is 5.46. The Labute approximate surface area is 184 Å². The van der Waals surface area contributed by atoms with Crippen LogP contribution in [0, 0.1) is 17.3 Å². The molecule has 7 heteroatoms. The third kappa shape index (κ3) is 3.81. The molecule has 4 atom stereocenters. The Morgan fingerprint density at radius 2 is 2.18 bits per heavy atom. The number of hydrogen-bond acceptors (Lipinski definition) is 4. The van der Waals surface area contributed by atoms with Crippen molar-refractivity contribution in [2.45, 2.75) is 50.7 Å². The SMILES string of the molecule is I.c1coc(CCNC(=NCC2CCOC2)NC2C3CCOC3C23CCC3)c1. The van der Waals surface area contributed by atoms with Gasteiger partial charge in [-0.15, -0.1) is 24.0 Å². The van der Waals surface area contributed by atoms with E-state index in [1.165, 1.54) is 25.7 Å². The maximum Gasteiger partial charge on any atom is 0.191 e. The standard InChI is InChI=1S/C21H31N3O3.HI/c1-3-16(26-10-1)4-9-22-20(23-13-15-5-11-25-14-15)24-18-17-6-12-27-19(17)21(18)7-2-8-21;/h1,3,10,15,17-19H,2,4-9,11-14H2,(H2,22,23,24);1H. The van der Waals surface area contributed by atoms with Gasteiger partial charge in [-0.25, -0.2) is 0 Å². The number of ether oxygens (including phenoxy) is 2. The zero-order valence-corrected chi connectivity index (χ0v) is 18.7. The molecule has 2 N–H and O–H groups in total. The summed E-state index contributed by atoms with van der Waals surface area (Å²) in [6, 6.07) is 4.48. The molecule has 1 aromatic rings. The van der Waals surface area contributed by atoms with Crippen LogP contribution in [-0.2, 0) is 15.9 Å². The van der Waals surface area contributed by atoms with Gasteiger partial charge >= 0.3 is 0 Å². The first-order valence-corrected chi connectivity index (χ1v) is 10.6. The average molecular weight is 501 g/mol. The minimum absolute atomic E-state index is 0. The van der Waals surface area contributed by atoms with Gasteiger partial charge in [-0.3, -0.25) is 4.99 Å². The lowest BCUT2D eigenvalue weighted by Crippen LogP contribution is -2.72. The van der Waals surface area contributed by atoms with E-state index in [4.69, 9.17) is 18.9 Å². The molecule has 0 aromatic carbocycles. The smallest absolute Gasteiger partial charge is 0.191 e. The van der Waals surface area contributed by atoms with E-state index in [1.807, 2.05) is 12.1 Å². The summed E-state index contributed by atoms with van der Waals surface area (Å²) in [5.74, 6) is 3.16. The quantitative estimate of drug-likeness (QED) is 0.357. The number of halogens is 1. The van der Waals surface area contributed by atoms with Gasteiger partial charge in [0, 0.05) is 56.0 Å². The predicted molar refractivity (Wildman–Crippen MR) is 118 cm³/mol. The van der Waals surface area contributed by atoms with E-state index in [2.05, 4.69) is 10.6 Å². The first-order valence-electron chi connectivity index (χ1n) is 10.6. The Balaban J connectivity index is 0.00000192. The van der Waals surface area contributed by atoms with Crippen molar-refractivity contribution in [3.63, 3.8) is 0 Å². The summed E-state index contributed by atoms with van der Waals surface area (Å²) in [6.45, 7) is 4.30. The van der Waals surface area contributed by atoms with Crippen LogP contribution in [0.1, 0.15) is 37.9 Å². The summed E-state index contributed by atoms with van der Waals surface area (Å²) < 4.78 is 17.0. The number of furan rings is 1. The monoisotopic (exact) mass is 501 g/mol. The van der Waals surface area contributed by atoms with E-state index in [1.54, 1.807) is 6.26 Å². The van der Waals surface area contributed by atoms with Gasteiger partial charge in [-0.05, 0) is 37.8 Å². The molecule has 4 aliphatic rings. The van der Waals surface area contributed by atoms with Gasteiger partial charge in [0.05, 0.1) is 19.0 Å². The molecule has 1 spiro atoms. The summed E-state index contributed by atoms with van der Waals surface area (Å²) in [5, 5.41) is 7.35. The van der Waals surface area contributed by atoms with E-state index in [-0.39, 0.29) is 24.0 Å². The van der Waals surface area contributed by atoms with Crippen LogP contribution in [0.4, 0.5) is 0 Å². The zero-order chi connectivity index (χ0) is 18.1. The lowest BCUT2D eigenvalue weighted by atomic mass is 9.46. The molecule has 2 aliphatic heterocycles. The first-order chi connectivity index (χ1) is 13.4. The molecule has 2 saturated heterocycles. The number of rotatable bonds is 6. The summed E-state index contributed by atoms with van der Waals surface area (Å²) in [5.41, 5.74) is 0.362. The van der Waals surface area contributed by atoms with Crippen LogP contribution in [0.2, 0.25) is 0 Å². The van der Waals surface area contributed by atoms with Crippen LogP contribution in [0.5, 0.6) is 0 Å². The highest BCUT2D eigenvalue weighted by atomic mass is 127. The number of nitrogens with zero attached hydrogens (tertiary/aromatic N) is 1. The van der Waals surface area contributed by atoms with Gasteiger partial charge in [-0.2, -0.15) is 0 Å². The molecule has 0 bridgehead atoms. The van der Waals surface area contributed by atoms with E-state index >= 15 is 0 Å². The van der Waals surface area contributed by atoms with Crippen molar-refractivity contribution in [1.82, 2.24) is 10.6 Å². The molecule has 4 unspecified atom stereocenters. The van der Waals surface area contributed by atoms with E-state index in [0.29, 0.717) is 29.4 Å². The van der Waals surface area contributed by atoms with E-state index < -0.39 is 0 Å². The second-order valence-corrected chi connectivity index (χ2v) is 8.63. The van der Waals surface area contributed by atoms with Crippen molar-refractivity contribution >= 4 is 29.9 Å². The van der Waals surface area contributed by atoms with E-state index in [0.717, 1.165) is 57.5 Å². The first kappa shape index (κ1) is 20.5. The summed E-state index contributed by atoms with van der Waals surface area (Å²) in [7, 11) is 0. The van der Waals surface area contributed by atoms with Crippen molar-refractivity contribution in [2.75, 3.05) is 32.9 Å². The fourth-order valence-corrected chi connectivity index (χ4v) is 5.46. The fraction of sp³-hybridized carbons (Fsp3) is 0.762. The van der Waals surface area contributed by atoms with Gasteiger partial charge in [0.2, 0.25) is 0 Å². The van der Waals surface area contributed by atoms with Crippen LogP contribution >= 0.6 is 24.0 Å². The molecule has 156 valence electrons. The van der Waals surface area contributed by atoms with Crippen molar-refractivity contribution in [2.24, 2.45) is 22.2 Å². The number of fused-ring (bicyclic) bond motifs is 2. The van der Waals surface area contributed by atoms with Gasteiger partial charge in [0.15, 0.2) is 5.96 Å². The molecule has 6 nitrogen and oxygen atoms in total. The largest absolute Gasteiger partial charge is 0.469 e. The second-order valence-electron chi connectivity index (χ2n) is 8.63. The van der Waals surface area contributed by atoms with Gasteiger partial charge in [-0.1, -0.05) is 6.42 Å². The average Bonchev–Trinajstić information content (AvgIpc) is 3.37. The minimum atomic E-state index is 0. The second kappa shape index (κ2) is 8.92. The van der Waals surface area contributed by atoms with Crippen LogP contribution in [0.25, 0.3) is 0 Å². The van der Waals surface area contributed by atoms with Crippen molar-refractivity contribution in [1.29, 1.82) is 0 Å². The van der Waals surface area contributed by atoms with Crippen LogP contribution in [-0.4, -0.2) is 51.0 Å². The Bertz CT molecular complexity index is 656. The van der Waals surface area contributed by atoms with Crippen LogP contribution in [0.3, 0.4) is 0 Å². The predicted octanol–water partition coefficient (Wildman–Crippen LogP) is 2.97. The van der Waals surface area contributed by atoms with Crippen LogP contribution in [0.15, 0.2) is 27.8 Å². The lowest BCUT2D eigenvalue weighted by molar-refractivity contribution is -0.171. The Kier molecular flexibility index (Phi) is 6.52. The third-order valence-corrected chi connectivity index (χ3v) is 7.10. The normalized spacial score (nSPS) is 32.9. The molecule has 28 heavy (non-hydrogen) atoms. The molecule has 5 rings (SSSR count). The van der Waals surface area contributed by atoms with E-state index in [9.17, 15) is 0 Å². The molecule has 1 aromatic heterocycles. The Hall–Kier alpha value is -0.800. The molecule has 0 radical (unpaired) electrons. The van der Waals surface area contributed by atoms with Crippen LogP contribution < -0.4 is 10.6 Å². The van der Waals surface area contributed by atoms with Gasteiger partial charge in [0.25, 0.3) is 0 Å². The highest BCUT2D eigenvalue weighted by Gasteiger charge is 2.66. The number of nitrogens with one attached hydrogen (secondary N) is 2. The third-order valence-electron chi connectivity index (χ3n) is 7.10. The molecule has 2 saturated carbocycles. The maximum absolute atomic E-state index is 6.06. The van der Waals surface area contributed by atoms with Gasteiger partial charge < -0.3 is 24.5 Å². The number of aliphatic imine (C=N–C) groups is 1. The Morgan fingerprint density at radius 3 is 2.89 bits per heavy atom. The number of hydrogen-bond donors (Lipinski definition) is 2. The molecular weight excluding hydrogens is 469 g/mol. The summed E-state index contributed by atoms with van der Waals surface area (Å²) in [6.07, 6.45) is 9.31. The topological polar surface area (TPSA) is 68.0 Å². The Morgan fingerprint density at radius 1 is 1.25 bits per heavy atom. The molecule has 0 amide bonds. The molecule has 3 heterocycles. The van der Waals surface area contributed by atoms with Gasteiger partial charge in [0.1, 0.15) is 5.76 Å². The molecular formula is C21H32IN3O3. The maximum atomic E-state index is 6.06. The molecule has 2 aliphatic carbocycles. The number of guanidine groups is 1. The van der Waals surface area contributed by atoms with Crippen molar-refractivity contribution < 1.29 is 13.9 Å². The highest BCUT2D eigenvalue weighted by Crippen LogP contribution is 2.62. The minimum Gasteiger partial charge on any atom is -0.469 e. The summed E-state index contributed by atoms with van der Waals surface area (Å²) >= 11 is 0. The molecule has 4 fully saturated rings. The highest BCUT2D eigenvalue weighted by molar-refractivity contribution is 14.0. The zero-order valence-electron chi connectivity index (χ0n) is 16.4. The lowest BCUT2D eigenvalue weighted by Gasteiger charge is -2.63. The van der Waals surface area contributed by atoms with Crippen molar-refractivity contribution in [3.05, 3.63) is 24.2 Å².